The normalized spacial score (nSPS) is 10.0. The summed E-state index contributed by atoms with van der Waals surface area (Å²) in [5.41, 5.74) is 6.78. The summed E-state index contributed by atoms with van der Waals surface area (Å²) < 4.78 is 10.4. The average molecular weight is 307 g/mol. The van der Waals surface area contributed by atoms with Crippen LogP contribution in [0.4, 0.5) is 11.4 Å². The molecule has 3 N–H and O–H groups in total. The van der Waals surface area contributed by atoms with Crippen LogP contribution in [0.25, 0.3) is 0 Å². The van der Waals surface area contributed by atoms with Crippen LogP contribution in [0.15, 0.2) is 42.5 Å². The maximum Gasteiger partial charge on any atom is 0.262 e. The van der Waals surface area contributed by atoms with Gasteiger partial charge < -0.3 is 20.5 Å². The highest BCUT2D eigenvalue weighted by Gasteiger charge is 2.09. The molecule has 0 aliphatic carbocycles. The minimum absolute atomic E-state index is 0.181. The number of ether oxygens (including phenoxy) is 2. The Bertz CT molecular complexity index is 609. The maximum atomic E-state index is 11.8. The third kappa shape index (κ3) is 4.03. The SMILES string of the molecule is COc1ccc(NC(=O)COc2c(N)cccc2Cl)cc1. The molecule has 5 nitrogen and oxygen atoms in total. The number of rotatable bonds is 5. The maximum absolute atomic E-state index is 11.8. The molecule has 0 spiro atoms. The molecule has 6 heteroatoms. The van der Waals surface area contributed by atoms with Crippen molar-refractivity contribution in [1.29, 1.82) is 0 Å². The largest absolute Gasteiger partial charge is 0.497 e. The summed E-state index contributed by atoms with van der Waals surface area (Å²) in [6.45, 7) is -0.181. The van der Waals surface area contributed by atoms with Crippen LogP contribution in [0.5, 0.6) is 11.5 Å². The zero-order valence-corrected chi connectivity index (χ0v) is 12.2. The van der Waals surface area contributed by atoms with Gasteiger partial charge in [0.2, 0.25) is 0 Å². The van der Waals surface area contributed by atoms with E-state index in [1.807, 2.05) is 0 Å². The van der Waals surface area contributed by atoms with Crippen molar-refractivity contribution in [2.75, 3.05) is 24.8 Å². The highest BCUT2D eigenvalue weighted by molar-refractivity contribution is 6.32. The second-order valence-corrected chi connectivity index (χ2v) is 4.63. The number of carbonyl (C=O) groups excluding carboxylic acids is 1. The van der Waals surface area contributed by atoms with Gasteiger partial charge in [-0.3, -0.25) is 4.79 Å². The minimum Gasteiger partial charge on any atom is -0.497 e. The van der Waals surface area contributed by atoms with E-state index >= 15 is 0 Å². The molecule has 0 aliphatic rings. The predicted molar refractivity (Wildman–Crippen MR) is 83.0 cm³/mol. The Morgan fingerprint density at radius 3 is 2.57 bits per heavy atom. The number of amides is 1. The molecule has 0 heterocycles. The fourth-order valence-corrected chi connectivity index (χ4v) is 1.92. The lowest BCUT2D eigenvalue weighted by Crippen LogP contribution is -2.20. The third-order valence-corrected chi connectivity index (χ3v) is 3.02. The summed E-state index contributed by atoms with van der Waals surface area (Å²) in [5.74, 6) is 0.719. The fourth-order valence-electron chi connectivity index (χ4n) is 1.69. The van der Waals surface area contributed by atoms with E-state index in [0.717, 1.165) is 0 Å². The molecule has 2 aromatic carbocycles. The number of anilines is 2. The molecule has 0 fully saturated rings. The topological polar surface area (TPSA) is 73.6 Å². The number of hydrogen-bond donors (Lipinski definition) is 2. The van der Waals surface area contributed by atoms with E-state index in [1.165, 1.54) is 0 Å². The van der Waals surface area contributed by atoms with Gasteiger partial charge >= 0.3 is 0 Å². The molecule has 2 rings (SSSR count). The smallest absolute Gasteiger partial charge is 0.262 e. The number of halogens is 1. The van der Waals surface area contributed by atoms with Crippen molar-refractivity contribution >= 4 is 28.9 Å². The number of carbonyl (C=O) groups is 1. The molecule has 0 unspecified atom stereocenters. The fraction of sp³-hybridized carbons (Fsp3) is 0.133. The van der Waals surface area contributed by atoms with Crippen LogP contribution >= 0.6 is 11.6 Å². The Morgan fingerprint density at radius 1 is 1.24 bits per heavy atom. The lowest BCUT2D eigenvalue weighted by Gasteiger charge is -2.11. The summed E-state index contributed by atoms with van der Waals surface area (Å²) in [6.07, 6.45) is 0. The van der Waals surface area contributed by atoms with Gasteiger partial charge in [0, 0.05) is 5.69 Å². The van der Waals surface area contributed by atoms with Gasteiger partial charge in [-0.2, -0.15) is 0 Å². The van der Waals surface area contributed by atoms with Gasteiger partial charge in [0.15, 0.2) is 12.4 Å². The van der Waals surface area contributed by atoms with Crippen LogP contribution in [0.3, 0.4) is 0 Å². The van der Waals surface area contributed by atoms with Gasteiger partial charge in [0.05, 0.1) is 17.8 Å². The van der Waals surface area contributed by atoms with Gasteiger partial charge in [0.25, 0.3) is 5.91 Å². The van der Waals surface area contributed by atoms with Crippen LogP contribution in [-0.4, -0.2) is 19.6 Å². The Kier molecular flexibility index (Phi) is 4.90. The molecule has 0 atom stereocenters. The Balaban J connectivity index is 1.92. The predicted octanol–water partition coefficient (Wildman–Crippen LogP) is 2.95. The standard InChI is InChI=1S/C15H15ClN2O3/c1-20-11-7-5-10(6-8-11)18-14(19)9-21-15-12(16)3-2-4-13(15)17/h2-8H,9,17H2,1H3,(H,18,19). The van der Waals surface area contributed by atoms with Crippen LogP contribution < -0.4 is 20.5 Å². The zero-order valence-electron chi connectivity index (χ0n) is 11.4. The van der Waals surface area contributed by atoms with E-state index in [-0.39, 0.29) is 12.5 Å². The van der Waals surface area contributed by atoms with E-state index in [0.29, 0.717) is 27.9 Å². The van der Waals surface area contributed by atoms with E-state index in [1.54, 1.807) is 49.6 Å². The van der Waals surface area contributed by atoms with Crippen molar-refractivity contribution in [2.45, 2.75) is 0 Å². The number of nitrogen functional groups attached to an aromatic ring is 1. The summed E-state index contributed by atoms with van der Waals surface area (Å²) in [5, 5.41) is 3.07. The molecule has 110 valence electrons. The molecule has 0 aliphatic heterocycles. The lowest BCUT2D eigenvalue weighted by molar-refractivity contribution is -0.118. The number of nitrogens with two attached hydrogens (primary N) is 1. The summed E-state index contributed by atoms with van der Waals surface area (Å²) in [7, 11) is 1.58. The van der Waals surface area contributed by atoms with Crippen LogP contribution in [0, 0.1) is 0 Å². The van der Waals surface area contributed by atoms with Gasteiger partial charge in [-0.25, -0.2) is 0 Å². The van der Waals surface area contributed by atoms with Crippen molar-refractivity contribution in [3.8, 4) is 11.5 Å². The molecule has 0 saturated carbocycles. The van der Waals surface area contributed by atoms with Crippen LogP contribution in [0.1, 0.15) is 0 Å². The summed E-state index contributed by atoms with van der Waals surface area (Å²) in [6, 6.07) is 12.0. The quantitative estimate of drug-likeness (QED) is 0.833. The molecule has 1 amide bonds. The highest BCUT2D eigenvalue weighted by Crippen LogP contribution is 2.30. The Morgan fingerprint density at radius 2 is 1.95 bits per heavy atom. The van der Waals surface area contributed by atoms with Crippen LogP contribution in [-0.2, 0) is 4.79 Å². The third-order valence-electron chi connectivity index (χ3n) is 2.72. The van der Waals surface area contributed by atoms with E-state index in [9.17, 15) is 4.79 Å². The number of para-hydroxylation sites is 1. The molecule has 0 radical (unpaired) electrons. The Labute approximate surface area is 127 Å². The molecule has 0 bridgehead atoms. The van der Waals surface area contributed by atoms with Crippen molar-refractivity contribution < 1.29 is 14.3 Å². The van der Waals surface area contributed by atoms with Crippen molar-refractivity contribution in [3.05, 3.63) is 47.5 Å². The first-order valence-electron chi connectivity index (χ1n) is 6.21. The van der Waals surface area contributed by atoms with E-state index < -0.39 is 0 Å². The summed E-state index contributed by atoms with van der Waals surface area (Å²) >= 11 is 5.96. The van der Waals surface area contributed by atoms with Crippen LogP contribution in [0.2, 0.25) is 5.02 Å². The average Bonchev–Trinajstić information content (AvgIpc) is 2.47. The van der Waals surface area contributed by atoms with Crippen molar-refractivity contribution in [2.24, 2.45) is 0 Å². The molecule has 0 saturated heterocycles. The minimum atomic E-state index is -0.306. The van der Waals surface area contributed by atoms with Gasteiger partial charge in [-0.05, 0) is 36.4 Å². The van der Waals surface area contributed by atoms with Gasteiger partial charge in [0.1, 0.15) is 5.75 Å². The zero-order chi connectivity index (χ0) is 15.2. The number of hydrogen-bond acceptors (Lipinski definition) is 4. The second kappa shape index (κ2) is 6.85. The summed E-state index contributed by atoms with van der Waals surface area (Å²) in [4.78, 5) is 11.8. The molecular weight excluding hydrogens is 292 g/mol. The molecular formula is C15H15ClN2O3. The van der Waals surface area contributed by atoms with Gasteiger partial charge in [-0.1, -0.05) is 17.7 Å². The molecule has 2 aromatic rings. The van der Waals surface area contributed by atoms with E-state index in [4.69, 9.17) is 26.8 Å². The second-order valence-electron chi connectivity index (χ2n) is 4.22. The monoisotopic (exact) mass is 306 g/mol. The van der Waals surface area contributed by atoms with Crippen molar-refractivity contribution in [1.82, 2.24) is 0 Å². The number of benzene rings is 2. The molecule has 0 aromatic heterocycles. The first-order chi connectivity index (χ1) is 10.1. The first-order valence-corrected chi connectivity index (χ1v) is 6.58. The Hall–Kier alpha value is -2.40. The number of methoxy groups -OCH3 is 1. The number of nitrogens with one attached hydrogen (secondary N) is 1. The van der Waals surface area contributed by atoms with Gasteiger partial charge in [-0.15, -0.1) is 0 Å². The van der Waals surface area contributed by atoms with Crippen molar-refractivity contribution in [3.63, 3.8) is 0 Å². The van der Waals surface area contributed by atoms with E-state index in [2.05, 4.69) is 5.32 Å². The first kappa shape index (κ1) is 15.0. The molecule has 21 heavy (non-hydrogen) atoms. The lowest BCUT2D eigenvalue weighted by atomic mass is 10.3. The highest BCUT2D eigenvalue weighted by atomic mass is 35.5.